The first-order chi connectivity index (χ1) is 9.31. The minimum absolute atomic E-state index is 0.253. The normalized spacial score (nSPS) is 12.5. The molecule has 0 spiro atoms. The zero-order valence-corrected chi connectivity index (χ0v) is 11.4. The summed E-state index contributed by atoms with van der Waals surface area (Å²) in [7, 11) is 0. The molecule has 0 radical (unpaired) electrons. The van der Waals surface area contributed by atoms with Crippen LogP contribution in [-0.2, 0) is 6.42 Å². The van der Waals surface area contributed by atoms with Gasteiger partial charge in [-0.15, -0.1) is 11.3 Å². The van der Waals surface area contributed by atoms with Crippen LogP contribution in [0.3, 0.4) is 0 Å². The Hall–Kier alpha value is -2.01. The van der Waals surface area contributed by atoms with Crippen molar-refractivity contribution in [2.75, 3.05) is 5.32 Å². The van der Waals surface area contributed by atoms with Gasteiger partial charge in [-0.1, -0.05) is 12.1 Å². The molecule has 5 heteroatoms. The van der Waals surface area contributed by atoms with Gasteiger partial charge in [0.2, 0.25) is 5.95 Å². The van der Waals surface area contributed by atoms with Gasteiger partial charge in [0.05, 0.1) is 15.2 Å². The van der Waals surface area contributed by atoms with E-state index in [9.17, 15) is 0 Å². The Morgan fingerprint density at radius 1 is 1.16 bits per heavy atom. The monoisotopic (exact) mass is 270 g/mol. The van der Waals surface area contributed by atoms with Crippen LogP contribution in [0.1, 0.15) is 11.9 Å². The van der Waals surface area contributed by atoms with Gasteiger partial charge >= 0.3 is 0 Å². The van der Waals surface area contributed by atoms with E-state index in [1.807, 2.05) is 24.3 Å². The lowest BCUT2D eigenvalue weighted by atomic mass is 10.2. The smallest absolute Gasteiger partial charge is 0.222 e. The van der Waals surface area contributed by atoms with Gasteiger partial charge in [0.1, 0.15) is 0 Å². The highest BCUT2D eigenvalue weighted by molar-refractivity contribution is 7.18. The van der Waals surface area contributed by atoms with Crippen molar-refractivity contribution >= 4 is 27.5 Å². The summed E-state index contributed by atoms with van der Waals surface area (Å²) in [6.07, 6.45) is 4.34. The highest BCUT2D eigenvalue weighted by Crippen LogP contribution is 2.22. The quantitative estimate of drug-likeness (QED) is 0.791. The molecule has 2 heterocycles. The van der Waals surface area contributed by atoms with Gasteiger partial charge in [0.15, 0.2) is 0 Å². The number of thiazole rings is 1. The van der Waals surface area contributed by atoms with Crippen LogP contribution in [0.4, 0.5) is 5.95 Å². The summed E-state index contributed by atoms with van der Waals surface area (Å²) in [4.78, 5) is 13.0. The molecule has 0 saturated heterocycles. The van der Waals surface area contributed by atoms with E-state index in [1.165, 1.54) is 4.70 Å². The Balaban J connectivity index is 1.70. The highest BCUT2D eigenvalue weighted by atomic mass is 32.1. The number of fused-ring (bicyclic) bond motifs is 1. The third-order valence-electron chi connectivity index (χ3n) is 2.76. The minimum Gasteiger partial charge on any atom is -0.351 e. The van der Waals surface area contributed by atoms with E-state index in [1.54, 1.807) is 23.7 Å². The van der Waals surface area contributed by atoms with E-state index in [0.29, 0.717) is 5.95 Å². The summed E-state index contributed by atoms with van der Waals surface area (Å²) in [6, 6.07) is 10.3. The van der Waals surface area contributed by atoms with Gasteiger partial charge in [-0.25, -0.2) is 15.0 Å². The van der Waals surface area contributed by atoms with E-state index >= 15 is 0 Å². The average Bonchev–Trinajstić information content (AvgIpc) is 2.81. The third kappa shape index (κ3) is 2.88. The standard InChI is InChI=1S/C14H14N4S/c1-10(17-14-15-7-4-8-16-14)9-13-18-11-5-2-3-6-12(11)19-13/h2-8,10H,9H2,1H3,(H,15,16,17). The van der Waals surface area contributed by atoms with E-state index < -0.39 is 0 Å². The molecule has 0 aliphatic heterocycles. The highest BCUT2D eigenvalue weighted by Gasteiger charge is 2.09. The first kappa shape index (κ1) is 12.0. The molecule has 0 amide bonds. The number of aromatic nitrogens is 3. The fourth-order valence-corrected chi connectivity index (χ4v) is 3.01. The Labute approximate surface area is 115 Å². The van der Waals surface area contributed by atoms with Crippen molar-refractivity contribution in [3.8, 4) is 0 Å². The van der Waals surface area contributed by atoms with E-state index in [2.05, 4.69) is 33.3 Å². The van der Waals surface area contributed by atoms with E-state index in [0.717, 1.165) is 16.9 Å². The number of anilines is 1. The first-order valence-electron chi connectivity index (χ1n) is 6.19. The second-order valence-electron chi connectivity index (χ2n) is 4.40. The Kier molecular flexibility index (Phi) is 3.37. The summed E-state index contributed by atoms with van der Waals surface area (Å²) in [5, 5.41) is 4.42. The Morgan fingerprint density at radius 3 is 2.74 bits per heavy atom. The zero-order valence-electron chi connectivity index (χ0n) is 10.6. The predicted octanol–water partition coefficient (Wildman–Crippen LogP) is 3.13. The Bertz CT molecular complexity index is 632. The molecule has 4 nitrogen and oxygen atoms in total. The predicted molar refractivity (Wildman–Crippen MR) is 78.4 cm³/mol. The van der Waals surface area contributed by atoms with Crippen LogP contribution in [0.5, 0.6) is 0 Å². The number of para-hydroxylation sites is 1. The summed E-state index contributed by atoms with van der Waals surface area (Å²) < 4.78 is 1.24. The average molecular weight is 270 g/mol. The topological polar surface area (TPSA) is 50.7 Å². The van der Waals surface area contributed by atoms with E-state index in [-0.39, 0.29) is 6.04 Å². The van der Waals surface area contributed by atoms with Crippen molar-refractivity contribution in [3.63, 3.8) is 0 Å². The molecule has 1 N–H and O–H groups in total. The molecule has 1 aromatic carbocycles. The molecular formula is C14H14N4S. The maximum Gasteiger partial charge on any atom is 0.222 e. The molecule has 96 valence electrons. The lowest BCUT2D eigenvalue weighted by Gasteiger charge is -2.11. The molecule has 0 fully saturated rings. The molecule has 1 unspecified atom stereocenters. The molecule has 19 heavy (non-hydrogen) atoms. The number of rotatable bonds is 4. The second-order valence-corrected chi connectivity index (χ2v) is 5.51. The lowest BCUT2D eigenvalue weighted by molar-refractivity contribution is 0.773. The summed E-state index contributed by atoms with van der Waals surface area (Å²) >= 11 is 1.74. The largest absolute Gasteiger partial charge is 0.351 e. The van der Waals surface area contributed by atoms with Gasteiger partial charge in [-0.05, 0) is 25.1 Å². The van der Waals surface area contributed by atoms with Crippen LogP contribution >= 0.6 is 11.3 Å². The summed E-state index contributed by atoms with van der Waals surface area (Å²) in [5.74, 6) is 0.663. The molecule has 0 aliphatic rings. The molecular weight excluding hydrogens is 256 g/mol. The van der Waals surface area contributed by atoms with Crippen LogP contribution < -0.4 is 5.32 Å². The SMILES string of the molecule is CC(Cc1nc2ccccc2s1)Nc1ncccn1. The van der Waals surface area contributed by atoms with Crippen molar-refractivity contribution in [1.29, 1.82) is 0 Å². The fraction of sp³-hybridized carbons (Fsp3) is 0.214. The van der Waals surface area contributed by atoms with Gasteiger partial charge < -0.3 is 5.32 Å². The Morgan fingerprint density at radius 2 is 1.95 bits per heavy atom. The van der Waals surface area contributed by atoms with E-state index in [4.69, 9.17) is 0 Å². The number of nitrogens with zero attached hydrogens (tertiary/aromatic N) is 3. The lowest BCUT2D eigenvalue weighted by Crippen LogP contribution is -2.19. The van der Waals surface area contributed by atoms with Crippen LogP contribution in [0.2, 0.25) is 0 Å². The molecule has 0 bridgehead atoms. The first-order valence-corrected chi connectivity index (χ1v) is 7.01. The van der Waals surface area contributed by atoms with Crippen LogP contribution in [0.15, 0.2) is 42.7 Å². The molecule has 2 aromatic heterocycles. The second kappa shape index (κ2) is 5.32. The van der Waals surface area contributed by atoms with Crippen molar-refractivity contribution < 1.29 is 0 Å². The summed E-state index contributed by atoms with van der Waals surface area (Å²) in [6.45, 7) is 2.11. The number of nitrogens with one attached hydrogen (secondary N) is 1. The maximum atomic E-state index is 4.63. The maximum absolute atomic E-state index is 4.63. The van der Waals surface area contributed by atoms with Crippen LogP contribution in [0, 0.1) is 0 Å². The van der Waals surface area contributed by atoms with Gasteiger partial charge in [0, 0.05) is 24.9 Å². The summed E-state index contributed by atoms with van der Waals surface area (Å²) in [5.41, 5.74) is 1.07. The van der Waals surface area contributed by atoms with Crippen molar-refractivity contribution in [2.24, 2.45) is 0 Å². The van der Waals surface area contributed by atoms with Gasteiger partial charge in [-0.2, -0.15) is 0 Å². The molecule has 3 rings (SSSR count). The number of hydrogen-bond donors (Lipinski definition) is 1. The fourth-order valence-electron chi connectivity index (χ4n) is 1.91. The number of benzene rings is 1. The van der Waals surface area contributed by atoms with Crippen molar-refractivity contribution in [2.45, 2.75) is 19.4 Å². The minimum atomic E-state index is 0.253. The molecule has 0 saturated carbocycles. The zero-order chi connectivity index (χ0) is 13.1. The number of hydrogen-bond acceptors (Lipinski definition) is 5. The van der Waals surface area contributed by atoms with Crippen molar-refractivity contribution in [3.05, 3.63) is 47.7 Å². The molecule has 0 aliphatic carbocycles. The van der Waals surface area contributed by atoms with Crippen LogP contribution in [0.25, 0.3) is 10.2 Å². The molecule has 1 atom stereocenters. The van der Waals surface area contributed by atoms with Gasteiger partial charge in [-0.3, -0.25) is 0 Å². The van der Waals surface area contributed by atoms with Gasteiger partial charge in [0.25, 0.3) is 0 Å². The van der Waals surface area contributed by atoms with Crippen molar-refractivity contribution in [1.82, 2.24) is 15.0 Å². The third-order valence-corrected chi connectivity index (χ3v) is 3.82. The molecule has 3 aromatic rings. The van der Waals surface area contributed by atoms with Crippen LogP contribution in [-0.4, -0.2) is 21.0 Å².